The molecule has 1 aliphatic rings. The van der Waals surface area contributed by atoms with Gasteiger partial charge in [0, 0.05) is 30.7 Å². The minimum Gasteiger partial charge on any atom is -0.511 e. The lowest BCUT2D eigenvalue weighted by molar-refractivity contribution is -0.119. The van der Waals surface area contributed by atoms with E-state index in [1.54, 1.807) is 24.3 Å². The van der Waals surface area contributed by atoms with Gasteiger partial charge in [-0.3, -0.25) is 14.6 Å². The van der Waals surface area contributed by atoms with Crippen LogP contribution >= 0.6 is 0 Å². The Bertz CT molecular complexity index is 698. The van der Waals surface area contributed by atoms with Crippen molar-refractivity contribution in [3.63, 3.8) is 0 Å². The molecule has 0 spiro atoms. The van der Waals surface area contributed by atoms with Gasteiger partial charge in [-0.25, -0.2) is 0 Å². The number of aliphatic imine (C=N–C) groups is 1. The molecule has 0 aromatic heterocycles. The fourth-order valence-corrected chi connectivity index (χ4v) is 2.50. The van der Waals surface area contributed by atoms with E-state index in [-0.39, 0.29) is 34.4 Å². The van der Waals surface area contributed by atoms with Crippen LogP contribution < -0.4 is 5.32 Å². The van der Waals surface area contributed by atoms with Crippen LogP contribution in [0.4, 0.5) is 11.4 Å². The van der Waals surface area contributed by atoms with Crippen molar-refractivity contribution in [3.05, 3.63) is 35.6 Å². The molecule has 0 fully saturated rings. The van der Waals surface area contributed by atoms with Crippen LogP contribution in [0.1, 0.15) is 40.5 Å². The molecule has 1 aromatic carbocycles. The summed E-state index contributed by atoms with van der Waals surface area (Å²) in [5, 5.41) is 12.9. The van der Waals surface area contributed by atoms with Crippen LogP contribution in [-0.4, -0.2) is 23.0 Å². The molecule has 1 aliphatic carbocycles. The zero-order valence-electron chi connectivity index (χ0n) is 14.6. The van der Waals surface area contributed by atoms with Crippen LogP contribution in [0.5, 0.6) is 0 Å². The van der Waals surface area contributed by atoms with E-state index in [4.69, 9.17) is 0 Å². The lowest BCUT2D eigenvalue weighted by Gasteiger charge is -2.28. The molecule has 1 aromatic rings. The molecule has 0 saturated carbocycles. The molecule has 128 valence electrons. The number of nitrogens with one attached hydrogen (secondary N) is 1. The van der Waals surface area contributed by atoms with Crippen molar-refractivity contribution in [1.82, 2.24) is 0 Å². The number of Topliss-reactive ketones (excluding diaryl/α,β-unsaturated/α-hetero) is 1. The largest absolute Gasteiger partial charge is 0.511 e. The van der Waals surface area contributed by atoms with Crippen molar-refractivity contribution in [1.29, 1.82) is 0 Å². The number of aliphatic hydroxyl groups excluding tert-OH is 1. The number of rotatable bonds is 4. The van der Waals surface area contributed by atoms with E-state index in [0.717, 1.165) is 0 Å². The predicted molar refractivity (Wildman–Crippen MR) is 95.7 cm³/mol. The van der Waals surface area contributed by atoms with E-state index >= 15 is 0 Å². The Morgan fingerprint density at radius 2 is 1.88 bits per heavy atom. The Morgan fingerprint density at radius 1 is 1.25 bits per heavy atom. The summed E-state index contributed by atoms with van der Waals surface area (Å²) in [6.45, 7) is 7.58. The van der Waals surface area contributed by atoms with E-state index in [1.165, 1.54) is 6.21 Å². The monoisotopic (exact) mass is 328 g/mol. The molecular weight excluding hydrogens is 304 g/mol. The third kappa shape index (κ3) is 4.54. The van der Waals surface area contributed by atoms with Gasteiger partial charge in [-0.1, -0.05) is 27.7 Å². The maximum absolute atomic E-state index is 12.1. The molecule has 2 N–H and O–H groups in total. The van der Waals surface area contributed by atoms with Gasteiger partial charge in [0.1, 0.15) is 5.76 Å². The SMILES string of the molecule is CC(C)C(=O)Nc1ccc(N=CC2=C(O)CC(C)(C)CC2=O)cc1. The van der Waals surface area contributed by atoms with Gasteiger partial charge in [0.05, 0.1) is 11.3 Å². The van der Waals surface area contributed by atoms with Crippen molar-refractivity contribution in [2.45, 2.75) is 40.5 Å². The number of anilines is 1. The van der Waals surface area contributed by atoms with Gasteiger partial charge in [0.15, 0.2) is 5.78 Å². The highest BCUT2D eigenvalue weighted by Crippen LogP contribution is 2.35. The average molecular weight is 328 g/mol. The van der Waals surface area contributed by atoms with E-state index < -0.39 is 0 Å². The Morgan fingerprint density at radius 3 is 2.42 bits per heavy atom. The summed E-state index contributed by atoms with van der Waals surface area (Å²) in [6, 6.07) is 7.02. The number of carbonyl (C=O) groups is 2. The van der Waals surface area contributed by atoms with Crippen LogP contribution in [0.15, 0.2) is 40.6 Å². The van der Waals surface area contributed by atoms with Crippen molar-refractivity contribution < 1.29 is 14.7 Å². The van der Waals surface area contributed by atoms with E-state index in [1.807, 2.05) is 27.7 Å². The first-order valence-electron chi connectivity index (χ1n) is 8.08. The number of ketones is 1. The fourth-order valence-electron chi connectivity index (χ4n) is 2.50. The quantitative estimate of drug-likeness (QED) is 0.814. The van der Waals surface area contributed by atoms with Crippen molar-refractivity contribution in [2.75, 3.05) is 5.32 Å². The minimum absolute atomic E-state index is 0.0447. The number of carbonyl (C=O) groups excluding carboxylic acids is 2. The third-order valence-corrected chi connectivity index (χ3v) is 3.90. The van der Waals surface area contributed by atoms with Crippen LogP contribution in [0.25, 0.3) is 0 Å². The highest BCUT2D eigenvalue weighted by Gasteiger charge is 2.32. The number of amides is 1. The molecule has 24 heavy (non-hydrogen) atoms. The molecule has 0 bridgehead atoms. The third-order valence-electron chi connectivity index (χ3n) is 3.90. The zero-order chi connectivity index (χ0) is 17.9. The average Bonchev–Trinajstić information content (AvgIpc) is 2.46. The maximum atomic E-state index is 12.1. The van der Waals surface area contributed by atoms with Crippen LogP contribution in [0, 0.1) is 11.3 Å². The molecular formula is C19H24N2O3. The summed E-state index contributed by atoms with van der Waals surface area (Å²) in [7, 11) is 0. The second-order valence-corrected chi connectivity index (χ2v) is 7.25. The van der Waals surface area contributed by atoms with E-state index in [0.29, 0.717) is 24.2 Å². The lowest BCUT2D eigenvalue weighted by atomic mass is 9.77. The summed E-state index contributed by atoms with van der Waals surface area (Å²) >= 11 is 0. The Hall–Kier alpha value is -2.43. The summed E-state index contributed by atoms with van der Waals surface area (Å²) in [5.41, 5.74) is 1.42. The van der Waals surface area contributed by atoms with Crippen molar-refractivity contribution >= 4 is 29.3 Å². The number of nitrogens with zero attached hydrogens (tertiary/aromatic N) is 1. The van der Waals surface area contributed by atoms with Crippen LogP contribution in [-0.2, 0) is 9.59 Å². The lowest BCUT2D eigenvalue weighted by Crippen LogP contribution is -2.26. The smallest absolute Gasteiger partial charge is 0.226 e. The highest BCUT2D eigenvalue weighted by molar-refractivity contribution is 6.14. The summed E-state index contributed by atoms with van der Waals surface area (Å²) < 4.78 is 0. The standard InChI is InChI=1S/C19H24N2O3/c1-12(2)18(24)21-14-7-5-13(6-8-14)20-11-15-16(22)9-19(3,4)10-17(15)23/h5-8,11-12,22H,9-10H2,1-4H3,(H,21,24). The molecule has 0 atom stereocenters. The highest BCUT2D eigenvalue weighted by atomic mass is 16.3. The molecule has 5 nitrogen and oxygen atoms in total. The normalized spacial score (nSPS) is 17.6. The van der Waals surface area contributed by atoms with Gasteiger partial charge in [0.2, 0.25) is 5.91 Å². The van der Waals surface area contributed by atoms with Gasteiger partial charge in [-0.15, -0.1) is 0 Å². The molecule has 0 radical (unpaired) electrons. The van der Waals surface area contributed by atoms with E-state index in [9.17, 15) is 14.7 Å². The Kier molecular flexibility index (Phi) is 5.22. The molecule has 0 saturated heterocycles. The number of allylic oxidation sites excluding steroid dienone is 2. The van der Waals surface area contributed by atoms with Crippen molar-refractivity contribution in [2.24, 2.45) is 16.3 Å². The topological polar surface area (TPSA) is 78.8 Å². The van der Waals surface area contributed by atoms with Gasteiger partial charge in [-0.2, -0.15) is 0 Å². The Labute approximate surface area is 142 Å². The van der Waals surface area contributed by atoms with Crippen LogP contribution in [0.3, 0.4) is 0 Å². The number of aliphatic hydroxyl groups is 1. The minimum atomic E-state index is -0.214. The second-order valence-electron chi connectivity index (χ2n) is 7.25. The van der Waals surface area contributed by atoms with Gasteiger partial charge >= 0.3 is 0 Å². The van der Waals surface area contributed by atoms with Crippen molar-refractivity contribution in [3.8, 4) is 0 Å². The molecule has 0 aliphatic heterocycles. The predicted octanol–water partition coefficient (Wildman–Crippen LogP) is 4.18. The van der Waals surface area contributed by atoms with Gasteiger partial charge in [0.25, 0.3) is 0 Å². The first kappa shape index (κ1) is 17.9. The Balaban J connectivity index is 2.10. The number of benzene rings is 1. The molecule has 0 unspecified atom stereocenters. The second kappa shape index (κ2) is 6.99. The summed E-state index contributed by atoms with van der Waals surface area (Å²) in [6.07, 6.45) is 2.30. The van der Waals surface area contributed by atoms with Crippen LogP contribution in [0.2, 0.25) is 0 Å². The van der Waals surface area contributed by atoms with E-state index in [2.05, 4.69) is 10.3 Å². The molecule has 5 heteroatoms. The first-order valence-corrected chi connectivity index (χ1v) is 8.08. The fraction of sp³-hybridized carbons (Fsp3) is 0.421. The molecule has 0 heterocycles. The van der Waals surface area contributed by atoms with Gasteiger partial charge in [-0.05, 0) is 29.7 Å². The maximum Gasteiger partial charge on any atom is 0.226 e. The summed E-state index contributed by atoms with van der Waals surface area (Å²) in [4.78, 5) is 28.0. The zero-order valence-corrected chi connectivity index (χ0v) is 14.6. The van der Waals surface area contributed by atoms with Gasteiger partial charge < -0.3 is 10.4 Å². The first-order chi connectivity index (χ1) is 11.2. The molecule has 2 rings (SSSR count). The molecule has 1 amide bonds. The summed E-state index contributed by atoms with van der Waals surface area (Å²) in [5.74, 6) is -0.120. The number of hydrogen-bond donors (Lipinski definition) is 2. The number of hydrogen-bond acceptors (Lipinski definition) is 4.